The van der Waals surface area contributed by atoms with Gasteiger partial charge in [0.25, 0.3) is 5.91 Å². The summed E-state index contributed by atoms with van der Waals surface area (Å²) in [4.78, 5) is 23.9. The molecule has 1 aromatic heterocycles. The van der Waals surface area contributed by atoms with Crippen molar-refractivity contribution in [3.63, 3.8) is 0 Å². The van der Waals surface area contributed by atoms with Gasteiger partial charge in [-0.15, -0.1) is 11.8 Å². The Morgan fingerprint density at radius 3 is 2.56 bits per heavy atom. The first-order chi connectivity index (χ1) is 16.5. The molecular formula is C26H34N4O3S. The lowest BCUT2D eigenvalue weighted by atomic mass is 9.93. The van der Waals surface area contributed by atoms with Crippen molar-refractivity contribution in [1.82, 2.24) is 4.98 Å². The number of aliphatic hydroxyl groups excluding tert-OH is 1. The molecule has 2 aliphatic heterocycles. The fourth-order valence-electron chi connectivity index (χ4n) is 4.97. The number of amides is 1. The molecule has 1 aromatic carbocycles. The Morgan fingerprint density at radius 2 is 1.85 bits per heavy atom. The topological polar surface area (TPSA) is 77.9 Å². The van der Waals surface area contributed by atoms with Gasteiger partial charge in [-0.25, -0.2) is 4.98 Å². The number of pyridine rings is 1. The highest BCUT2D eigenvalue weighted by Crippen LogP contribution is 2.54. The number of hydrogen-bond acceptors (Lipinski definition) is 7. The number of morpholine rings is 1. The monoisotopic (exact) mass is 482 g/mol. The number of piperidine rings is 1. The number of carbonyl (C=O) groups excluding carboxylic acids is 1. The van der Waals surface area contributed by atoms with Gasteiger partial charge in [0.15, 0.2) is 0 Å². The molecule has 0 bridgehead atoms. The third-order valence-electron chi connectivity index (χ3n) is 7.23. The molecule has 1 saturated carbocycles. The van der Waals surface area contributed by atoms with Crippen LogP contribution in [0.15, 0.2) is 35.2 Å². The Morgan fingerprint density at radius 1 is 1.09 bits per heavy atom. The van der Waals surface area contributed by atoms with Crippen LogP contribution in [0.1, 0.15) is 41.6 Å². The minimum absolute atomic E-state index is 0.133. The third-order valence-corrected chi connectivity index (χ3v) is 8.20. The molecule has 0 atom stereocenters. The number of thioether (sulfide) groups is 1. The minimum atomic E-state index is -0.133. The molecule has 1 aliphatic carbocycles. The van der Waals surface area contributed by atoms with E-state index in [4.69, 9.17) is 9.72 Å². The molecule has 3 heterocycles. The van der Waals surface area contributed by atoms with Gasteiger partial charge in [-0.2, -0.15) is 0 Å². The van der Waals surface area contributed by atoms with Gasteiger partial charge in [-0.05, 0) is 73.9 Å². The van der Waals surface area contributed by atoms with Crippen LogP contribution in [-0.2, 0) is 4.74 Å². The Kier molecular flexibility index (Phi) is 6.99. The second-order valence-electron chi connectivity index (χ2n) is 9.68. The van der Waals surface area contributed by atoms with Crippen LogP contribution in [0.3, 0.4) is 0 Å². The summed E-state index contributed by atoms with van der Waals surface area (Å²) in [7, 11) is 0. The van der Waals surface area contributed by atoms with Gasteiger partial charge in [0, 0.05) is 36.8 Å². The zero-order valence-electron chi connectivity index (χ0n) is 19.9. The Labute approximate surface area is 205 Å². The Bertz CT molecular complexity index is 1030. The molecule has 7 nitrogen and oxygen atoms in total. The van der Waals surface area contributed by atoms with E-state index in [0.717, 1.165) is 48.1 Å². The fourth-order valence-corrected chi connectivity index (χ4v) is 5.65. The number of carbonyl (C=O) groups is 1. The number of nitrogens with one attached hydrogen (secondary N) is 1. The highest BCUT2D eigenvalue weighted by Gasteiger charge is 2.44. The zero-order chi connectivity index (χ0) is 23.5. The number of ether oxygens (including phenoxy) is 1. The van der Waals surface area contributed by atoms with Gasteiger partial charge in [-0.1, -0.05) is 0 Å². The number of aryl methyl sites for hydroxylation is 1. The van der Waals surface area contributed by atoms with Crippen molar-refractivity contribution in [3.8, 4) is 0 Å². The first-order valence-corrected chi connectivity index (χ1v) is 13.3. The van der Waals surface area contributed by atoms with Crippen molar-refractivity contribution in [2.24, 2.45) is 5.41 Å². The lowest BCUT2D eigenvalue weighted by Gasteiger charge is -2.35. The maximum absolute atomic E-state index is 13.5. The third kappa shape index (κ3) is 5.34. The fraction of sp³-hybridized carbons (Fsp3) is 0.538. The van der Waals surface area contributed by atoms with Crippen LogP contribution in [0.4, 0.5) is 17.3 Å². The van der Waals surface area contributed by atoms with Crippen LogP contribution in [0.25, 0.3) is 0 Å². The first-order valence-electron chi connectivity index (χ1n) is 12.3. The Balaban J connectivity index is 1.37. The van der Waals surface area contributed by atoms with Gasteiger partial charge in [0.1, 0.15) is 11.6 Å². The van der Waals surface area contributed by atoms with Crippen LogP contribution in [-0.4, -0.2) is 67.8 Å². The van der Waals surface area contributed by atoms with Crippen molar-refractivity contribution < 1.29 is 14.6 Å². The molecule has 2 N–H and O–H groups in total. The maximum atomic E-state index is 13.5. The predicted octanol–water partition coefficient (Wildman–Crippen LogP) is 3.94. The first kappa shape index (κ1) is 23.5. The maximum Gasteiger partial charge on any atom is 0.258 e. The van der Waals surface area contributed by atoms with Crippen molar-refractivity contribution in [2.75, 3.05) is 66.9 Å². The van der Waals surface area contributed by atoms with Crippen LogP contribution in [0.2, 0.25) is 0 Å². The largest absolute Gasteiger partial charge is 0.396 e. The molecule has 3 aliphatic rings. The van der Waals surface area contributed by atoms with Crippen molar-refractivity contribution in [1.29, 1.82) is 0 Å². The number of rotatable bonds is 7. The van der Waals surface area contributed by atoms with Crippen LogP contribution in [0.5, 0.6) is 0 Å². The van der Waals surface area contributed by atoms with E-state index in [0.29, 0.717) is 35.8 Å². The van der Waals surface area contributed by atoms with E-state index in [1.807, 2.05) is 25.1 Å². The van der Waals surface area contributed by atoms with Gasteiger partial charge in [-0.3, -0.25) is 4.79 Å². The number of aromatic nitrogens is 1. The predicted molar refractivity (Wildman–Crippen MR) is 137 cm³/mol. The lowest BCUT2D eigenvalue weighted by Crippen LogP contribution is -2.37. The van der Waals surface area contributed by atoms with Crippen LogP contribution < -0.4 is 15.1 Å². The summed E-state index contributed by atoms with van der Waals surface area (Å²) in [5.41, 5.74) is 3.30. The molecule has 182 valence electrons. The number of nitrogens with zero attached hydrogens (tertiary/aromatic N) is 3. The van der Waals surface area contributed by atoms with Crippen LogP contribution >= 0.6 is 11.8 Å². The van der Waals surface area contributed by atoms with E-state index in [1.165, 1.54) is 25.7 Å². The average molecular weight is 483 g/mol. The smallest absolute Gasteiger partial charge is 0.258 e. The second-order valence-corrected chi connectivity index (χ2v) is 10.8. The summed E-state index contributed by atoms with van der Waals surface area (Å²) >= 11 is 1.62. The number of hydrogen-bond donors (Lipinski definition) is 2. The molecule has 8 heteroatoms. The van der Waals surface area contributed by atoms with E-state index < -0.39 is 0 Å². The average Bonchev–Trinajstić information content (AvgIpc) is 3.62. The van der Waals surface area contributed by atoms with Gasteiger partial charge < -0.3 is 25.0 Å². The standard InChI is InChI=1S/C26H34N4O3S/c1-19-16-23(27-24(17-19)30-10-13-33-14-11-30)28-25(32)21-3-2-20(34-15-12-31)18-22(21)29-8-6-26(4-5-26)7-9-29/h2-3,16-18,31H,4-15H2,1H3,(H,27,28,32). The molecule has 3 fully saturated rings. The summed E-state index contributed by atoms with van der Waals surface area (Å²) in [6.07, 6.45) is 5.10. The quantitative estimate of drug-likeness (QED) is 0.579. The molecule has 5 rings (SSSR count). The van der Waals surface area contributed by atoms with Crippen LogP contribution in [0, 0.1) is 12.3 Å². The highest BCUT2D eigenvalue weighted by atomic mass is 32.2. The molecule has 1 spiro atoms. The molecule has 2 saturated heterocycles. The van der Waals surface area contributed by atoms with Gasteiger partial charge in [0.05, 0.1) is 31.1 Å². The van der Waals surface area contributed by atoms with Crippen molar-refractivity contribution >= 4 is 35.0 Å². The molecule has 1 amide bonds. The Hall–Kier alpha value is -2.29. The van der Waals surface area contributed by atoms with E-state index in [1.54, 1.807) is 11.8 Å². The summed E-state index contributed by atoms with van der Waals surface area (Å²) in [5, 5.41) is 12.3. The van der Waals surface area contributed by atoms with Gasteiger partial charge in [0.2, 0.25) is 0 Å². The molecule has 2 aromatic rings. The van der Waals surface area contributed by atoms with E-state index >= 15 is 0 Å². The van der Waals surface area contributed by atoms with E-state index in [9.17, 15) is 9.90 Å². The van der Waals surface area contributed by atoms with Crippen molar-refractivity contribution in [3.05, 3.63) is 41.5 Å². The molecular weight excluding hydrogens is 448 g/mol. The number of anilines is 3. The highest BCUT2D eigenvalue weighted by molar-refractivity contribution is 7.99. The summed E-state index contributed by atoms with van der Waals surface area (Å²) in [5.74, 6) is 1.96. The molecule has 0 unspecified atom stereocenters. The lowest BCUT2D eigenvalue weighted by molar-refractivity contribution is 0.102. The molecule has 0 radical (unpaired) electrons. The summed E-state index contributed by atoms with van der Waals surface area (Å²) < 4.78 is 5.47. The normalized spacial score (nSPS) is 19.4. The van der Waals surface area contributed by atoms with Crippen molar-refractivity contribution in [2.45, 2.75) is 37.5 Å². The summed E-state index contributed by atoms with van der Waals surface area (Å²) in [6.45, 7) is 7.13. The second kappa shape index (κ2) is 10.1. The van der Waals surface area contributed by atoms with Gasteiger partial charge >= 0.3 is 0 Å². The SMILES string of the molecule is Cc1cc(NC(=O)c2ccc(SCCO)cc2N2CCC3(CC2)CC3)nc(N2CCOCC2)c1. The van der Waals surface area contributed by atoms with E-state index in [-0.39, 0.29) is 12.5 Å². The zero-order valence-corrected chi connectivity index (χ0v) is 20.7. The summed E-state index contributed by atoms with van der Waals surface area (Å²) in [6, 6.07) is 9.99. The number of aliphatic hydroxyl groups is 1. The van der Waals surface area contributed by atoms with E-state index in [2.05, 4.69) is 27.2 Å². The molecule has 34 heavy (non-hydrogen) atoms. The number of benzene rings is 1. The minimum Gasteiger partial charge on any atom is -0.396 e.